The van der Waals surface area contributed by atoms with Gasteiger partial charge in [0, 0.05) is 11.0 Å². The van der Waals surface area contributed by atoms with Crippen LogP contribution in [0.5, 0.6) is 0 Å². The van der Waals surface area contributed by atoms with E-state index in [1.54, 1.807) is 10.7 Å². The van der Waals surface area contributed by atoms with Gasteiger partial charge in [-0.25, -0.2) is 14.6 Å². The molecule has 10 nitrogen and oxygen atoms in total. The zero-order chi connectivity index (χ0) is 20.7. The van der Waals surface area contributed by atoms with Gasteiger partial charge in [0.05, 0.1) is 35.0 Å². The Morgan fingerprint density at radius 1 is 1.23 bits per heavy atom. The van der Waals surface area contributed by atoms with Gasteiger partial charge < -0.3 is 9.40 Å². The van der Waals surface area contributed by atoms with Crippen molar-refractivity contribution >= 4 is 39.6 Å². The van der Waals surface area contributed by atoms with Crippen molar-refractivity contribution in [2.24, 2.45) is 0 Å². The predicted octanol–water partition coefficient (Wildman–Crippen LogP) is 3.45. The number of hydrogen-bond donors (Lipinski definition) is 1. The maximum Gasteiger partial charge on any atom is 0.273 e. The highest BCUT2D eigenvalue weighted by Gasteiger charge is 2.15. The molecule has 0 aliphatic heterocycles. The lowest BCUT2D eigenvalue weighted by atomic mass is 10.3. The number of nitrogens with zero attached hydrogens (tertiary/aromatic N) is 5. The molecule has 11 heteroatoms. The zero-order valence-electron chi connectivity index (χ0n) is 15.2. The van der Waals surface area contributed by atoms with Crippen molar-refractivity contribution in [1.82, 2.24) is 24.7 Å². The second-order valence-electron chi connectivity index (χ2n) is 6.30. The summed E-state index contributed by atoms with van der Waals surface area (Å²) >= 11 is 1.47. The molecule has 30 heavy (non-hydrogen) atoms. The SMILES string of the molecule is O=c1[nH]cnc2c1cnn2-c1ccccc1SCc1nc2ccc([N+](=O)[O-])cc2o1. The number of non-ortho nitro benzene ring substituents is 1. The van der Waals surface area contributed by atoms with Gasteiger partial charge in [-0.3, -0.25) is 14.9 Å². The number of nitrogens with one attached hydrogen (secondary N) is 1. The number of oxazole rings is 1. The first-order valence-corrected chi connectivity index (χ1v) is 9.76. The van der Waals surface area contributed by atoms with Crippen LogP contribution >= 0.6 is 11.8 Å². The second-order valence-corrected chi connectivity index (χ2v) is 7.32. The van der Waals surface area contributed by atoms with Gasteiger partial charge in [-0.2, -0.15) is 5.10 Å². The van der Waals surface area contributed by atoms with Crippen molar-refractivity contribution in [1.29, 1.82) is 0 Å². The Balaban J connectivity index is 1.46. The fraction of sp³-hybridized carbons (Fsp3) is 0.0526. The third kappa shape index (κ3) is 3.10. The number of nitro groups is 1. The number of rotatable bonds is 5. The summed E-state index contributed by atoms with van der Waals surface area (Å²) in [5.74, 6) is 0.859. The molecular weight excluding hydrogens is 408 g/mol. The normalized spacial score (nSPS) is 11.3. The van der Waals surface area contributed by atoms with Gasteiger partial charge in [0.25, 0.3) is 11.2 Å². The highest BCUT2D eigenvalue weighted by atomic mass is 32.2. The monoisotopic (exact) mass is 420 g/mol. The summed E-state index contributed by atoms with van der Waals surface area (Å²) in [6.07, 6.45) is 2.83. The molecule has 0 aliphatic carbocycles. The minimum atomic E-state index is -0.472. The number of hydrogen-bond acceptors (Lipinski definition) is 8. The molecule has 148 valence electrons. The number of para-hydroxylation sites is 1. The van der Waals surface area contributed by atoms with Crippen LogP contribution < -0.4 is 5.56 Å². The topological polar surface area (TPSA) is 133 Å². The van der Waals surface area contributed by atoms with Gasteiger partial charge in [-0.15, -0.1) is 11.8 Å². The van der Waals surface area contributed by atoms with Gasteiger partial charge in [0.15, 0.2) is 11.2 Å². The molecule has 0 unspecified atom stereocenters. The number of benzene rings is 2. The van der Waals surface area contributed by atoms with E-state index >= 15 is 0 Å². The summed E-state index contributed by atoms with van der Waals surface area (Å²) in [6, 6.07) is 11.9. The third-order valence-electron chi connectivity index (χ3n) is 4.44. The van der Waals surface area contributed by atoms with E-state index in [1.165, 1.54) is 36.4 Å². The number of aromatic amines is 1. The summed E-state index contributed by atoms with van der Waals surface area (Å²) in [7, 11) is 0. The molecule has 0 atom stereocenters. The minimum Gasteiger partial charge on any atom is -0.440 e. The lowest BCUT2D eigenvalue weighted by molar-refractivity contribution is -0.384. The molecule has 0 amide bonds. The molecule has 0 aliphatic rings. The number of H-pyrrole nitrogens is 1. The van der Waals surface area contributed by atoms with E-state index < -0.39 is 4.92 Å². The average Bonchev–Trinajstić information content (AvgIpc) is 3.36. The van der Waals surface area contributed by atoms with Gasteiger partial charge in [0.2, 0.25) is 5.89 Å². The quantitative estimate of drug-likeness (QED) is 0.260. The van der Waals surface area contributed by atoms with E-state index in [2.05, 4.69) is 20.1 Å². The van der Waals surface area contributed by atoms with Crippen LogP contribution in [-0.4, -0.2) is 29.7 Å². The minimum absolute atomic E-state index is 0.0451. The van der Waals surface area contributed by atoms with Gasteiger partial charge in [0.1, 0.15) is 10.9 Å². The van der Waals surface area contributed by atoms with E-state index in [1.807, 2.05) is 24.3 Å². The van der Waals surface area contributed by atoms with E-state index in [9.17, 15) is 14.9 Å². The predicted molar refractivity (Wildman–Crippen MR) is 110 cm³/mol. The van der Waals surface area contributed by atoms with Crippen molar-refractivity contribution in [3.8, 4) is 5.69 Å². The van der Waals surface area contributed by atoms with Gasteiger partial charge in [-0.1, -0.05) is 12.1 Å². The van der Waals surface area contributed by atoms with Crippen LogP contribution in [0.25, 0.3) is 27.8 Å². The van der Waals surface area contributed by atoms with Crippen LogP contribution in [0.1, 0.15) is 5.89 Å². The molecule has 3 heterocycles. The maximum absolute atomic E-state index is 12.0. The lowest BCUT2D eigenvalue weighted by Gasteiger charge is -2.08. The zero-order valence-corrected chi connectivity index (χ0v) is 16.0. The van der Waals surface area contributed by atoms with Gasteiger partial charge in [-0.05, 0) is 18.2 Å². The van der Waals surface area contributed by atoms with Crippen molar-refractivity contribution in [2.75, 3.05) is 0 Å². The van der Waals surface area contributed by atoms with Crippen molar-refractivity contribution in [3.05, 3.63) is 81.3 Å². The highest BCUT2D eigenvalue weighted by molar-refractivity contribution is 7.98. The van der Waals surface area contributed by atoms with Crippen LogP contribution in [-0.2, 0) is 5.75 Å². The first-order valence-electron chi connectivity index (χ1n) is 8.77. The Hall–Kier alpha value is -3.99. The first kappa shape index (κ1) is 18.1. The number of thioether (sulfide) groups is 1. The summed E-state index contributed by atoms with van der Waals surface area (Å²) in [6.45, 7) is 0. The standard InChI is InChI=1S/C19H12N6O4S/c26-19-12-8-22-24(18(12)20-10-21-19)14-3-1-2-4-16(14)30-9-17-23-13-6-5-11(25(27)28)7-15(13)29-17/h1-8,10H,9H2,(H,20,21,26). The largest absolute Gasteiger partial charge is 0.440 e. The molecule has 3 aromatic heterocycles. The fourth-order valence-electron chi connectivity index (χ4n) is 3.06. The summed E-state index contributed by atoms with van der Waals surface area (Å²) < 4.78 is 7.29. The Morgan fingerprint density at radius 3 is 2.97 bits per heavy atom. The van der Waals surface area contributed by atoms with Crippen molar-refractivity contribution < 1.29 is 9.34 Å². The first-order chi connectivity index (χ1) is 14.6. The average molecular weight is 420 g/mol. The molecule has 0 saturated heterocycles. The highest BCUT2D eigenvalue weighted by Crippen LogP contribution is 2.31. The van der Waals surface area contributed by atoms with Crippen LogP contribution in [0.3, 0.4) is 0 Å². The molecule has 5 rings (SSSR count). The number of aromatic nitrogens is 5. The van der Waals surface area contributed by atoms with E-state index in [0.29, 0.717) is 33.8 Å². The second kappa shape index (κ2) is 7.12. The lowest BCUT2D eigenvalue weighted by Crippen LogP contribution is -2.07. The third-order valence-corrected chi connectivity index (χ3v) is 5.49. The van der Waals surface area contributed by atoms with Crippen molar-refractivity contribution in [2.45, 2.75) is 10.6 Å². The fourth-order valence-corrected chi connectivity index (χ4v) is 3.94. The molecule has 5 aromatic rings. The molecule has 0 saturated carbocycles. The Morgan fingerprint density at radius 2 is 2.10 bits per heavy atom. The van der Waals surface area contributed by atoms with E-state index in [0.717, 1.165) is 10.6 Å². The maximum atomic E-state index is 12.0. The van der Waals surface area contributed by atoms with Gasteiger partial charge >= 0.3 is 0 Å². The van der Waals surface area contributed by atoms with Crippen LogP contribution in [0.4, 0.5) is 5.69 Å². The van der Waals surface area contributed by atoms with E-state index in [-0.39, 0.29) is 11.2 Å². The molecule has 0 spiro atoms. The Labute approximate surface area is 171 Å². The molecule has 2 aromatic carbocycles. The van der Waals surface area contributed by atoms with E-state index in [4.69, 9.17) is 4.42 Å². The molecule has 1 N–H and O–H groups in total. The molecule has 0 radical (unpaired) electrons. The van der Waals surface area contributed by atoms with Crippen LogP contribution in [0.2, 0.25) is 0 Å². The van der Waals surface area contributed by atoms with Crippen LogP contribution in [0.15, 0.2) is 69.1 Å². The van der Waals surface area contributed by atoms with Crippen LogP contribution in [0, 0.1) is 10.1 Å². The smallest absolute Gasteiger partial charge is 0.273 e. The molecule has 0 bridgehead atoms. The summed E-state index contributed by atoms with van der Waals surface area (Å²) in [4.78, 5) is 34.5. The Kier molecular flexibility index (Phi) is 4.29. The van der Waals surface area contributed by atoms with Crippen molar-refractivity contribution in [3.63, 3.8) is 0 Å². The Bertz CT molecular complexity index is 1470. The number of nitro benzene ring substituents is 1. The summed E-state index contributed by atoms with van der Waals surface area (Å²) in [5, 5.41) is 15.7. The summed E-state index contributed by atoms with van der Waals surface area (Å²) in [5.41, 5.74) is 1.86. The molecule has 0 fully saturated rings. The molecular formula is C19H12N6O4S. The number of fused-ring (bicyclic) bond motifs is 2.